The van der Waals surface area contributed by atoms with Gasteiger partial charge < -0.3 is 15.3 Å². The molecular weight excluding hydrogens is 608 g/mol. The van der Waals surface area contributed by atoms with Crippen molar-refractivity contribution in [3.05, 3.63) is 99.4 Å². The minimum absolute atomic E-state index is 0.0517. The summed E-state index contributed by atoms with van der Waals surface area (Å²) in [6, 6.07) is 10.9. The molecule has 2 aromatic carbocycles. The van der Waals surface area contributed by atoms with Gasteiger partial charge in [-0.2, -0.15) is 0 Å². The Morgan fingerprint density at radius 2 is 1.84 bits per heavy atom. The van der Waals surface area contributed by atoms with E-state index in [1.54, 1.807) is 43.3 Å². The van der Waals surface area contributed by atoms with E-state index in [0.717, 1.165) is 23.6 Å². The van der Waals surface area contributed by atoms with Gasteiger partial charge in [0.25, 0.3) is 15.9 Å². The average Bonchev–Trinajstić information content (AvgIpc) is 3.15. The molecule has 0 spiro atoms. The summed E-state index contributed by atoms with van der Waals surface area (Å²) >= 11 is 6.11. The molecule has 0 saturated heterocycles. The predicted octanol–water partition coefficient (Wildman–Crippen LogP) is 7.53. The van der Waals surface area contributed by atoms with Crippen molar-refractivity contribution >= 4 is 62.4 Å². The maximum Gasteiger partial charge on any atom is 0.264 e. The monoisotopic (exact) mass is 646 g/mol. The zero-order valence-electron chi connectivity index (χ0n) is 26.3. The number of benzene rings is 2. The number of halogens is 1. The largest absolute Gasteiger partial charge is 0.355 e. The standard InChI is InChI=1S/C35H39ClN4O4S/c1-7-25-11-10-17-40(18-16-25)35(42)34-22(3)33(38-32(34)8-2)21-30(24(5)41)31-20-28(14-15-29(31)23(4)37)45(43,44)39(6)27-13-9-12-26(36)19-27/h8-9,11-15,19-21,37-38H,2,7,10,16-18H2,1,3-6H3. The fourth-order valence-electron chi connectivity index (χ4n) is 5.53. The summed E-state index contributed by atoms with van der Waals surface area (Å²) in [5.74, 6) is -0.440. The number of sulfonamides is 1. The Balaban J connectivity index is 1.81. The number of rotatable bonds is 10. The first kappa shape index (κ1) is 33.7. The van der Waals surface area contributed by atoms with E-state index < -0.39 is 10.0 Å². The second-order valence-corrected chi connectivity index (χ2v) is 13.5. The lowest BCUT2D eigenvalue weighted by Gasteiger charge is -2.21. The highest BCUT2D eigenvalue weighted by molar-refractivity contribution is 7.92. The number of amides is 1. The number of H-pyrrole nitrogens is 1. The molecule has 3 aromatic rings. The van der Waals surface area contributed by atoms with Crippen LogP contribution >= 0.6 is 11.6 Å². The van der Waals surface area contributed by atoms with Crippen molar-refractivity contribution in [3.63, 3.8) is 0 Å². The minimum Gasteiger partial charge on any atom is -0.355 e. The van der Waals surface area contributed by atoms with Crippen LogP contribution in [0.1, 0.15) is 78.5 Å². The number of carbonyl (C=O) groups excluding carboxylic acids is 2. The summed E-state index contributed by atoms with van der Waals surface area (Å²) in [6.45, 7) is 12.0. The molecule has 10 heteroatoms. The van der Waals surface area contributed by atoms with Crippen LogP contribution in [0.2, 0.25) is 5.02 Å². The highest BCUT2D eigenvalue weighted by Crippen LogP contribution is 2.32. The fourth-order valence-corrected chi connectivity index (χ4v) is 6.92. The van der Waals surface area contributed by atoms with Crippen molar-refractivity contribution in [3.8, 4) is 0 Å². The van der Waals surface area contributed by atoms with Crippen LogP contribution in [-0.2, 0) is 14.8 Å². The lowest BCUT2D eigenvalue weighted by molar-refractivity contribution is -0.111. The van der Waals surface area contributed by atoms with E-state index in [-0.39, 0.29) is 27.9 Å². The van der Waals surface area contributed by atoms with Crippen molar-refractivity contribution in [1.29, 1.82) is 5.41 Å². The smallest absolute Gasteiger partial charge is 0.264 e. The molecule has 236 valence electrons. The summed E-state index contributed by atoms with van der Waals surface area (Å²) < 4.78 is 28.6. The van der Waals surface area contributed by atoms with Crippen LogP contribution in [0.3, 0.4) is 0 Å². The highest BCUT2D eigenvalue weighted by Gasteiger charge is 2.27. The molecule has 0 saturated carbocycles. The minimum atomic E-state index is -4.06. The van der Waals surface area contributed by atoms with E-state index >= 15 is 0 Å². The van der Waals surface area contributed by atoms with Crippen molar-refractivity contribution in [2.45, 2.75) is 51.9 Å². The molecule has 2 heterocycles. The molecule has 1 aliphatic rings. The van der Waals surface area contributed by atoms with Gasteiger partial charge in [0.1, 0.15) is 0 Å². The first-order chi connectivity index (χ1) is 21.3. The number of hydrogen-bond acceptors (Lipinski definition) is 5. The Kier molecular flexibility index (Phi) is 10.4. The van der Waals surface area contributed by atoms with Crippen LogP contribution in [0.25, 0.3) is 17.7 Å². The van der Waals surface area contributed by atoms with E-state index in [1.807, 2.05) is 11.8 Å². The Morgan fingerprint density at radius 1 is 1.11 bits per heavy atom. The Labute approximate surface area is 270 Å². The van der Waals surface area contributed by atoms with Gasteiger partial charge in [0.2, 0.25) is 0 Å². The second kappa shape index (κ2) is 13.8. The van der Waals surface area contributed by atoms with Gasteiger partial charge in [0.15, 0.2) is 5.78 Å². The topological polar surface area (TPSA) is 114 Å². The van der Waals surface area contributed by atoms with Crippen LogP contribution in [0.4, 0.5) is 5.69 Å². The summed E-state index contributed by atoms with van der Waals surface area (Å²) in [5.41, 5.74) is 5.00. The molecule has 1 aromatic heterocycles. The van der Waals surface area contributed by atoms with E-state index in [4.69, 9.17) is 17.0 Å². The number of hydrogen-bond donors (Lipinski definition) is 2. The molecule has 0 atom stereocenters. The van der Waals surface area contributed by atoms with E-state index in [1.165, 1.54) is 37.7 Å². The van der Waals surface area contributed by atoms with Gasteiger partial charge in [-0.1, -0.05) is 48.9 Å². The molecule has 0 radical (unpaired) electrons. The van der Waals surface area contributed by atoms with Crippen molar-refractivity contribution in [1.82, 2.24) is 9.88 Å². The normalized spacial score (nSPS) is 14.0. The molecule has 0 aliphatic carbocycles. The van der Waals surface area contributed by atoms with E-state index in [9.17, 15) is 18.0 Å². The van der Waals surface area contributed by atoms with E-state index in [2.05, 4.69) is 24.6 Å². The molecule has 45 heavy (non-hydrogen) atoms. The summed E-state index contributed by atoms with van der Waals surface area (Å²) in [5, 5.41) is 8.79. The number of nitrogens with zero attached hydrogens (tertiary/aromatic N) is 2. The number of aromatic nitrogens is 1. The maximum atomic E-state index is 13.8. The van der Waals surface area contributed by atoms with Crippen LogP contribution in [0.5, 0.6) is 0 Å². The van der Waals surface area contributed by atoms with Crippen LogP contribution in [0, 0.1) is 12.3 Å². The predicted molar refractivity (Wildman–Crippen MR) is 184 cm³/mol. The summed E-state index contributed by atoms with van der Waals surface area (Å²) in [7, 11) is -2.63. The summed E-state index contributed by atoms with van der Waals surface area (Å²) in [6.07, 6.45) is 8.00. The van der Waals surface area contributed by atoms with Crippen LogP contribution < -0.4 is 4.31 Å². The molecule has 1 aliphatic heterocycles. The van der Waals surface area contributed by atoms with Gasteiger partial charge in [0, 0.05) is 47.7 Å². The van der Waals surface area contributed by atoms with Crippen LogP contribution in [-0.4, -0.2) is 55.8 Å². The van der Waals surface area contributed by atoms with Gasteiger partial charge >= 0.3 is 0 Å². The zero-order valence-corrected chi connectivity index (χ0v) is 27.9. The molecule has 0 unspecified atom stereocenters. The Morgan fingerprint density at radius 3 is 2.47 bits per heavy atom. The van der Waals surface area contributed by atoms with Gasteiger partial charge in [-0.05, 0) is 93.6 Å². The molecule has 2 N–H and O–H groups in total. The Hall–Kier alpha value is -4.21. The molecule has 0 fully saturated rings. The first-order valence-corrected chi connectivity index (χ1v) is 16.6. The third-order valence-electron chi connectivity index (χ3n) is 8.20. The maximum absolute atomic E-state index is 13.8. The van der Waals surface area contributed by atoms with E-state index in [0.29, 0.717) is 57.4 Å². The van der Waals surface area contributed by atoms with Gasteiger partial charge in [-0.15, -0.1) is 0 Å². The number of anilines is 1. The zero-order chi connectivity index (χ0) is 33.1. The molecule has 1 amide bonds. The number of aromatic amines is 1. The second-order valence-electron chi connectivity index (χ2n) is 11.1. The molecule has 0 bridgehead atoms. The van der Waals surface area contributed by atoms with Gasteiger partial charge in [-0.25, -0.2) is 8.42 Å². The number of ketones is 1. The molecular formula is C35H39ClN4O4S. The highest BCUT2D eigenvalue weighted by atomic mass is 35.5. The van der Waals surface area contributed by atoms with Crippen LogP contribution in [0.15, 0.2) is 65.6 Å². The first-order valence-electron chi connectivity index (χ1n) is 14.8. The molecule has 8 nitrogen and oxygen atoms in total. The van der Waals surface area contributed by atoms with Crippen molar-refractivity contribution < 1.29 is 18.0 Å². The number of carbonyl (C=O) groups is 2. The van der Waals surface area contributed by atoms with Gasteiger partial charge in [0.05, 0.1) is 21.8 Å². The third kappa shape index (κ3) is 7.05. The fraction of sp³-hybridized carbons (Fsp3) is 0.286. The number of nitrogens with one attached hydrogen (secondary N) is 2. The lowest BCUT2D eigenvalue weighted by atomic mass is 9.93. The SMILES string of the molecule is C=Cc1[nH]c(C=C(C(C)=O)c2cc(S(=O)(=O)N(C)c3cccc(Cl)c3)ccc2C(C)=N)c(C)c1C(=O)N1CCC=C(CC)CC1. The summed E-state index contributed by atoms with van der Waals surface area (Å²) in [4.78, 5) is 32.0. The van der Waals surface area contributed by atoms with Crippen molar-refractivity contribution in [2.24, 2.45) is 0 Å². The van der Waals surface area contributed by atoms with Crippen molar-refractivity contribution in [2.75, 3.05) is 24.4 Å². The van der Waals surface area contributed by atoms with Gasteiger partial charge in [-0.3, -0.25) is 13.9 Å². The molecule has 4 rings (SSSR count). The third-order valence-corrected chi connectivity index (χ3v) is 10.2. The Bertz CT molecular complexity index is 1850. The average molecular weight is 647 g/mol. The quantitative estimate of drug-likeness (QED) is 0.135. The number of allylic oxidation sites excluding steroid dienone is 1. The lowest BCUT2D eigenvalue weighted by Crippen LogP contribution is -2.32. The number of Topliss-reactive ketones (excluding diaryl/α,β-unsaturated/α-hetero) is 1.